The molecule has 0 fully saturated rings. The monoisotopic (exact) mass is 864 g/mol. The number of hydrogen-bond acceptors (Lipinski definition) is 3. The third-order valence-electron chi connectivity index (χ3n) is 6.73. The zero-order valence-electron chi connectivity index (χ0n) is 25.7. The van der Waals surface area contributed by atoms with Gasteiger partial charge in [-0.3, -0.25) is 9.98 Å². The van der Waals surface area contributed by atoms with Gasteiger partial charge in [0.05, 0.1) is 34.2 Å². The fraction of sp³-hybridized carbons (Fsp3) is 0.424. The fourth-order valence-corrected chi connectivity index (χ4v) is 4.57. The number of hydrogen-bond donors (Lipinski definition) is 0. The summed E-state index contributed by atoms with van der Waals surface area (Å²) in [7, 11) is 9.47. The Kier molecular flexibility index (Phi) is 18.5. The molecule has 0 amide bonds. The van der Waals surface area contributed by atoms with Crippen molar-refractivity contribution in [3.8, 4) is 0 Å². The molecular weight excluding hydrogens is 822 g/mol. The van der Waals surface area contributed by atoms with Gasteiger partial charge >= 0.3 is 33.2 Å². The van der Waals surface area contributed by atoms with Crippen molar-refractivity contribution in [3.63, 3.8) is 0 Å². The molecule has 3 rings (SSSR count). The van der Waals surface area contributed by atoms with Gasteiger partial charge in [-0.1, -0.05) is 97.9 Å². The minimum atomic E-state index is 0.382. The van der Waals surface area contributed by atoms with E-state index in [-0.39, 0.29) is 0 Å². The summed E-state index contributed by atoms with van der Waals surface area (Å²) in [6, 6.07) is 19.2. The molecule has 0 radical (unpaired) electrons. The first-order chi connectivity index (χ1) is 19.4. The van der Waals surface area contributed by atoms with Gasteiger partial charge in [-0.25, -0.2) is 4.98 Å². The average molecular weight is 865 g/mol. The quantitative estimate of drug-likeness (QED) is 0.164. The second kappa shape index (κ2) is 19.7. The summed E-state index contributed by atoms with van der Waals surface area (Å²) in [5.74, 6) is 1.61. The van der Waals surface area contributed by atoms with E-state index in [1.54, 1.807) is 0 Å². The van der Waals surface area contributed by atoms with Crippen LogP contribution in [0.5, 0.6) is 0 Å². The fourth-order valence-electron chi connectivity index (χ4n) is 4.57. The van der Waals surface area contributed by atoms with Crippen molar-refractivity contribution < 1.29 is 12.9 Å². The number of benzene rings is 2. The van der Waals surface area contributed by atoms with Crippen molar-refractivity contribution in [1.29, 1.82) is 0 Å². The molecule has 0 aliphatic rings. The van der Waals surface area contributed by atoms with Crippen molar-refractivity contribution in [2.75, 3.05) is 0 Å². The Morgan fingerprint density at radius 2 is 0.829 bits per heavy atom. The van der Waals surface area contributed by atoms with Crippen LogP contribution in [0, 0.1) is 0 Å². The third-order valence-corrected chi connectivity index (χ3v) is 6.73. The molecule has 0 aliphatic heterocycles. The van der Waals surface area contributed by atoms with Crippen molar-refractivity contribution in [2.45, 2.75) is 92.9 Å². The van der Waals surface area contributed by atoms with Crippen LogP contribution < -0.4 is 0 Å². The predicted octanol–water partition coefficient (Wildman–Crippen LogP) is 13.0. The van der Waals surface area contributed by atoms with Gasteiger partial charge in [0, 0.05) is 37.2 Å². The van der Waals surface area contributed by atoms with Gasteiger partial charge in [0.15, 0.2) is 0 Å². The summed E-state index contributed by atoms with van der Waals surface area (Å²) in [5, 5.41) is 0. The van der Waals surface area contributed by atoms with E-state index in [9.17, 15) is 0 Å². The zero-order valence-corrected chi connectivity index (χ0v) is 32.6. The van der Waals surface area contributed by atoms with Crippen molar-refractivity contribution in [1.82, 2.24) is 4.98 Å². The summed E-state index contributed by atoms with van der Waals surface area (Å²) in [5.41, 5.74) is 10.9. The van der Waals surface area contributed by atoms with Gasteiger partial charge in [0.1, 0.15) is 0 Å². The van der Waals surface area contributed by atoms with Gasteiger partial charge in [0.2, 0.25) is 0 Å². The first-order valence-corrected chi connectivity index (χ1v) is 22.9. The van der Waals surface area contributed by atoms with E-state index in [0.29, 0.717) is 36.6 Å². The molecule has 41 heavy (non-hydrogen) atoms. The van der Waals surface area contributed by atoms with Crippen LogP contribution in [0.3, 0.4) is 0 Å². The van der Waals surface area contributed by atoms with Gasteiger partial charge in [-0.05, 0) is 71.9 Å². The zero-order chi connectivity index (χ0) is 31.3. The Labute approximate surface area is 286 Å². The number of halogens is 4. The van der Waals surface area contributed by atoms with Crippen LogP contribution in [0.15, 0.2) is 64.6 Å². The molecule has 0 N–H and O–H groups in total. The molecule has 0 unspecified atom stereocenters. The number of pyridine rings is 1. The van der Waals surface area contributed by atoms with Crippen LogP contribution in [0.25, 0.3) is 0 Å². The van der Waals surface area contributed by atoms with E-state index >= 15 is 0 Å². The number of rotatable bonds is 8. The van der Waals surface area contributed by atoms with E-state index in [4.69, 9.17) is 35.3 Å². The van der Waals surface area contributed by atoms with Gasteiger partial charge < -0.3 is 0 Å². The number of para-hydroxylation sites is 2. The molecule has 227 valence electrons. The molecular formula is C33H43Cl2CoI2N3. The maximum atomic E-state index is 5.15. The summed E-state index contributed by atoms with van der Waals surface area (Å²) in [6.45, 7) is 22.0. The Morgan fingerprint density at radius 3 is 1.07 bits per heavy atom. The number of aliphatic imine (C=N–C) groups is 2. The number of aromatic nitrogens is 1. The number of nitrogens with zero attached hydrogens (tertiary/aromatic N) is 3. The van der Waals surface area contributed by atoms with Gasteiger partial charge in [-0.2, -0.15) is 0 Å². The van der Waals surface area contributed by atoms with Crippen molar-refractivity contribution >= 4 is 80.3 Å². The Hall–Kier alpha value is -0.524. The molecule has 8 heteroatoms. The molecule has 1 aromatic heterocycles. The van der Waals surface area contributed by atoms with Gasteiger partial charge in [-0.15, -0.1) is 0 Å². The minimum absolute atomic E-state index is 0.382. The van der Waals surface area contributed by atoms with E-state index in [1.807, 2.05) is 12.1 Å². The van der Waals surface area contributed by atoms with E-state index < -0.39 is 0 Å². The molecule has 0 bridgehead atoms. The van der Waals surface area contributed by atoms with Crippen LogP contribution in [-0.4, -0.2) is 16.4 Å². The van der Waals surface area contributed by atoms with Crippen LogP contribution in [0.1, 0.15) is 127 Å². The molecule has 0 saturated carbocycles. The van der Waals surface area contributed by atoms with E-state index in [1.165, 1.54) is 22.3 Å². The van der Waals surface area contributed by atoms with Crippen LogP contribution in [0.2, 0.25) is 0 Å². The standard InChI is InChI=1S/C33H43N3.2ClH.Co.I2/c1-20(2)26-14-11-15-27(21(3)4)32(26)34-24(9)30-18-13-19-31(36-30)25(10)35-33-28(22(5)6)16-12-17-29(33)23(7)8;;;;1-2/h11-23H,1-10H3;2*1H;;/q;;;+2;/p-2. The second-order valence-electron chi connectivity index (χ2n) is 11.0. The predicted molar refractivity (Wildman–Crippen MR) is 197 cm³/mol. The molecule has 0 saturated heterocycles. The van der Waals surface area contributed by atoms with Crippen molar-refractivity contribution in [3.05, 3.63) is 88.2 Å². The van der Waals surface area contributed by atoms with E-state index in [2.05, 4.69) is 149 Å². The molecule has 3 aromatic rings. The normalized spacial score (nSPS) is 12.0. The molecule has 0 spiro atoms. The molecule has 3 nitrogen and oxygen atoms in total. The van der Waals surface area contributed by atoms with Gasteiger partial charge in [0.25, 0.3) is 0 Å². The summed E-state index contributed by atoms with van der Waals surface area (Å²) in [4.78, 5) is 15.3. The maximum absolute atomic E-state index is 5.15. The van der Waals surface area contributed by atoms with Crippen LogP contribution in [-0.2, 0) is 12.9 Å². The average Bonchev–Trinajstić information content (AvgIpc) is 2.94. The molecule has 0 atom stereocenters. The first-order valence-electron chi connectivity index (χ1n) is 13.7. The van der Waals surface area contributed by atoms with Crippen LogP contribution in [0.4, 0.5) is 11.4 Å². The van der Waals surface area contributed by atoms with Crippen molar-refractivity contribution in [2.24, 2.45) is 9.98 Å². The Bertz CT molecular complexity index is 1160. The molecule has 0 aliphatic carbocycles. The molecule has 1 heterocycles. The SMILES string of the molecule is CC(=Nc1c(C(C)C)cccc1C(C)C)c1cccc(C(C)=Nc2c(C(C)C)cccc2C(C)C)n1.II.[Cl][Co][Cl]. The Balaban J connectivity index is 0.00000157. The summed E-state index contributed by atoms with van der Waals surface area (Å²) in [6.07, 6.45) is 0. The Morgan fingerprint density at radius 1 is 0.585 bits per heavy atom. The topological polar surface area (TPSA) is 37.6 Å². The molecule has 2 aromatic carbocycles. The van der Waals surface area contributed by atoms with E-state index in [0.717, 1.165) is 34.2 Å². The summed E-state index contributed by atoms with van der Waals surface area (Å²) >= 11 is 4.62. The second-order valence-corrected chi connectivity index (χ2v) is 12.8. The summed E-state index contributed by atoms with van der Waals surface area (Å²) < 4.78 is 0. The van der Waals surface area contributed by atoms with Crippen LogP contribution >= 0.6 is 57.5 Å². The first kappa shape index (κ1) is 38.5. The third kappa shape index (κ3) is 11.5.